The molecule has 19 heavy (non-hydrogen) atoms. The van der Waals surface area contributed by atoms with Crippen LogP contribution in [-0.2, 0) is 6.42 Å². The van der Waals surface area contributed by atoms with Gasteiger partial charge in [0.05, 0.1) is 10.7 Å². The van der Waals surface area contributed by atoms with Crippen molar-refractivity contribution in [3.63, 3.8) is 0 Å². The molecule has 2 rings (SSSR count). The van der Waals surface area contributed by atoms with Crippen LogP contribution in [0.1, 0.15) is 29.2 Å². The number of benzene rings is 1. The topological polar surface area (TPSA) is 24.9 Å². The van der Waals surface area contributed by atoms with Crippen LogP contribution in [0.4, 0.5) is 4.39 Å². The zero-order chi connectivity index (χ0) is 13.8. The molecule has 0 amide bonds. The van der Waals surface area contributed by atoms with Crippen LogP contribution >= 0.6 is 22.9 Å². The average Bonchev–Trinajstić information content (AvgIpc) is 2.75. The second-order valence-corrected chi connectivity index (χ2v) is 5.78. The van der Waals surface area contributed by atoms with Gasteiger partial charge in [-0.1, -0.05) is 24.6 Å². The summed E-state index contributed by atoms with van der Waals surface area (Å²) in [5, 5.41) is 6.76. The lowest BCUT2D eigenvalue weighted by Crippen LogP contribution is -2.24. The van der Waals surface area contributed by atoms with Crippen LogP contribution in [-0.4, -0.2) is 11.5 Å². The van der Waals surface area contributed by atoms with Gasteiger partial charge in [0.2, 0.25) is 0 Å². The highest BCUT2D eigenvalue weighted by molar-refractivity contribution is 7.09. The van der Waals surface area contributed by atoms with Crippen molar-refractivity contribution in [2.45, 2.75) is 26.3 Å². The summed E-state index contributed by atoms with van der Waals surface area (Å²) in [6.07, 6.45) is 0.638. The number of likely N-dealkylation sites (N-methyl/N-ethyl adjacent to an activating group) is 1. The molecule has 1 atom stereocenters. The summed E-state index contributed by atoms with van der Waals surface area (Å²) in [4.78, 5) is 4.43. The van der Waals surface area contributed by atoms with Gasteiger partial charge in [0, 0.05) is 28.4 Å². The molecule has 0 saturated heterocycles. The van der Waals surface area contributed by atoms with E-state index in [9.17, 15) is 4.39 Å². The highest BCUT2D eigenvalue weighted by Gasteiger charge is 2.19. The van der Waals surface area contributed by atoms with Gasteiger partial charge in [-0.05, 0) is 25.6 Å². The molecule has 2 aromatic rings. The number of hydrogen-bond acceptors (Lipinski definition) is 3. The van der Waals surface area contributed by atoms with Crippen LogP contribution in [0.25, 0.3) is 0 Å². The highest BCUT2D eigenvalue weighted by atomic mass is 35.5. The fourth-order valence-corrected chi connectivity index (χ4v) is 3.00. The van der Waals surface area contributed by atoms with Gasteiger partial charge in [-0.15, -0.1) is 11.3 Å². The lowest BCUT2D eigenvalue weighted by Gasteiger charge is -2.19. The van der Waals surface area contributed by atoms with Crippen molar-refractivity contribution >= 4 is 22.9 Å². The zero-order valence-corrected chi connectivity index (χ0v) is 12.5. The summed E-state index contributed by atoms with van der Waals surface area (Å²) in [6.45, 7) is 4.71. The van der Waals surface area contributed by atoms with E-state index < -0.39 is 0 Å². The third-order valence-corrected chi connectivity index (χ3v) is 4.03. The predicted octanol–water partition coefficient (Wildman–Crippen LogP) is 4.14. The van der Waals surface area contributed by atoms with Gasteiger partial charge in [0.15, 0.2) is 0 Å². The number of aromatic nitrogens is 1. The summed E-state index contributed by atoms with van der Waals surface area (Å²) < 4.78 is 14.0. The molecule has 0 saturated carbocycles. The Morgan fingerprint density at radius 2 is 2.26 bits per heavy atom. The quantitative estimate of drug-likeness (QED) is 0.897. The van der Waals surface area contributed by atoms with E-state index in [-0.39, 0.29) is 11.9 Å². The Morgan fingerprint density at radius 3 is 2.84 bits per heavy atom. The molecule has 1 unspecified atom stereocenters. The molecule has 2 nitrogen and oxygen atoms in total. The maximum atomic E-state index is 14.0. The minimum Gasteiger partial charge on any atom is -0.310 e. The third-order valence-electron chi connectivity index (χ3n) is 2.88. The normalized spacial score (nSPS) is 12.6. The van der Waals surface area contributed by atoms with Crippen molar-refractivity contribution in [3.05, 3.63) is 50.7 Å². The molecule has 1 N–H and O–H groups in total. The Bertz CT molecular complexity index is 536. The van der Waals surface area contributed by atoms with Gasteiger partial charge in [-0.25, -0.2) is 9.37 Å². The van der Waals surface area contributed by atoms with E-state index in [0.717, 1.165) is 17.2 Å². The first-order valence-electron chi connectivity index (χ1n) is 6.20. The average molecular weight is 299 g/mol. The second kappa shape index (κ2) is 6.46. The smallest absolute Gasteiger partial charge is 0.129 e. The Kier molecular flexibility index (Phi) is 4.91. The van der Waals surface area contributed by atoms with Crippen LogP contribution in [0.15, 0.2) is 23.6 Å². The van der Waals surface area contributed by atoms with Crippen molar-refractivity contribution in [3.8, 4) is 0 Å². The van der Waals surface area contributed by atoms with Crippen LogP contribution in [0.5, 0.6) is 0 Å². The van der Waals surface area contributed by atoms with E-state index in [1.54, 1.807) is 23.5 Å². The van der Waals surface area contributed by atoms with Crippen molar-refractivity contribution in [1.82, 2.24) is 10.3 Å². The molecule has 0 fully saturated rings. The molecule has 5 heteroatoms. The van der Waals surface area contributed by atoms with Gasteiger partial charge in [0.1, 0.15) is 5.82 Å². The first kappa shape index (κ1) is 14.4. The fraction of sp³-hybridized carbons (Fsp3) is 0.357. The summed E-state index contributed by atoms with van der Waals surface area (Å²) in [5.41, 5.74) is 1.49. The van der Waals surface area contributed by atoms with Crippen molar-refractivity contribution in [2.24, 2.45) is 0 Å². The SMILES string of the molecule is CCNC(Cc1csc(C)n1)c1c(F)cccc1Cl. The fourth-order valence-electron chi connectivity index (χ4n) is 2.08. The molecule has 0 aliphatic heterocycles. The maximum Gasteiger partial charge on any atom is 0.129 e. The molecule has 0 aliphatic rings. The van der Waals surface area contributed by atoms with E-state index in [4.69, 9.17) is 11.6 Å². The molecule has 0 spiro atoms. The number of nitrogens with one attached hydrogen (secondary N) is 1. The molecule has 102 valence electrons. The van der Waals surface area contributed by atoms with E-state index in [0.29, 0.717) is 17.0 Å². The van der Waals surface area contributed by atoms with E-state index >= 15 is 0 Å². The van der Waals surface area contributed by atoms with E-state index in [1.807, 2.05) is 19.2 Å². The van der Waals surface area contributed by atoms with Gasteiger partial charge in [-0.2, -0.15) is 0 Å². The zero-order valence-electron chi connectivity index (χ0n) is 10.9. The Morgan fingerprint density at radius 1 is 1.47 bits per heavy atom. The summed E-state index contributed by atoms with van der Waals surface area (Å²) in [6, 6.07) is 4.63. The Balaban J connectivity index is 2.29. The number of hydrogen-bond donors (Lipinski definition) is 1. The molecule has 1 heterocycles. The van der Waals surface area contributed by atoms with Gasteiger partial charge in [0.25, 0.3) is 0 Å². The van der Waals surface area contributed by atoms with Gasteiger partial charge in [-0.3, -0.25) is 0 Å². The first-order valence-corrected chi connectivity index (χ1v) is 7.46. The monoisotopic (exact) mass is 298 g/mol. The standard InChI is InChI=1S/C14H16ClFN2S/c1-3-17-13(7-10-8-19-9(2)18-10)14-11(15)5-4-6-12(14)16/h4-6,8,13,17H,3,7H2,1-2H3. The van der Waals surface area contributed by atoms with E-state index in [1.165, 1.54) is 6.07 Å². The molecule has 0 bridgehead atoms. The first-order chi connectivity index (χ1) is 9.11. The minimum absolute atomic E-state index is 0.153. The molecule has 1 aromatic heterocycles. The minimum atomic E-state index is -0.273. The van der Waals surface area contributed by atoms with Crippen LogP contribution < -0.4 is 5.32 Å². The molecule has 0 radical (unpaired) electrons. The van der Waals surface area contributed by atoms with E-state index in [2.05, 4.69) is 10.3 Å². The number of aryl methyl sites for hydroxylation is 1. The van der Waals surface area contributed by atoms with Crippen LogP contribution in [0.3, 0.4) is 0 Å². The lowest BCUT2D eigenvalue weighted by molar-refractivity contribution is 0.507. The van der Waals surface area contributed by atoms with Crippen molar-refractivity contribution in [2.75, 3.05) is 6.54 Å². The Hall–Kier alpha value is -0.970. The summed E-state index contributed by atoms with van der Waals surface area (Å²) in [7, 11) is 0. The Labute approximate surface area is 121 Å². The number of thiazole rings is 1. The third kappa shape index (κ3) is 3.53. The summed E-state index contributed by atoms with van der Waals surface area (Å²) in [5.74, 6) is -0.273. The number of nitrogens with zero attached hydrogens (tertiary/aromatic N) is 1. The number of rotatable bonds is 5. The van der Waals surface area contributed by atoms with Crippen molar-refractivity contribution < 1.29 is 4.39 Å². The highest BCUT2D eigenvalue weighted by Crippen LogP contribution is 2.28. The maximum absolute atomic E-state index is 14.0. The molecular weight excluding hydrogens is 283 g/mol. The molecular formula is C14H16ClFN2S. The predicted molar refractivity (Wildman–Crippen MR) is 78.4 cm³/mol. The van der Waals surface area contributed by atoms with Gasteiger partial charge >= 0.3 is 0 Å². The molecule has 0 aliphatic carbocycles. The van der Waals surface area contributed by atoms with Gasteiger partial charge < -0.3 is 5.32 Å². The van der Waals surface area contributed by atoms with Crippen LogP contribution in [0.2, 0.25) is 5.02 Å². The number of halogens is 2. The van der Waals surface area contributed by atoms with Crippen molar-refractivity contribution in [1.29, 1.82) is 0 Å². The molecule has 1 aromatic carbocycles. The van der Waals surface area contributed by atoms with Crippen LogP contribution in [0, 0.1) is 12.7 Å². The largest absolute Gasteiger partial charge is 0.310 e. The summed E-state index contributed by atoms with van der Waals surface area (Å²) >= 11 is 7.74. The second-order valence-electron chi connectivity index (χ2n) is 4.31. The lowest BCUT2D eigenvalue weighted by atomic mass is 10.0.